The average molecular weight is 290 g/mol. The van der Waals surface area contributed by atoms with Gasteiger partial charge in [-0.05, 0) is 12.3 Å². The van der Waals surface area contributed by atoms with Crippen molar-refractivity contribution in [2.24, 2.45) is 5.92 Å². The van der Waals surface area contributed by atoms with Crippen LogP contribution in [0.1, 0.15) is 31.7 Å². The zero-order chi connectivity index (χ0) is 14.8. The van der Waals surface area contributed by atoms with Crippen molar-refractivity contribution in [3.63, 3.8) is 0 Å². The first-order valence-corrected chi connectivity index (χ1v) is 7.63. The van der Waals surface area contributed by atoms with Crippen LogP contribution in [-0.4, -0.2) is 44.2 Å². The fourth-order valence-electron chi connectivity index (χ4n) is 3.19. The highest BCUT2D eigenvalue weighted by Gasteiger charge is 2.30. The number of rotatable bonds is 5. The van der Waals surface area contributed by atoms with Crippen LogP contribution >= 0.6 is 0 Å². The van der Waals surface area contributed by atoms with Gasteiger partial charge in [0.1, 0.15) is 5.52 Å². The van der Waals surface area contributed by atoms with Gasteiger partial charge in [0, 0.05) is 31.4 Å². The summed E-state index contributed by atoms with van der Waals surface area (Å²) in [6.07, 6.45) is 6.46. The van der Waals surface area contributed by atoms with Crippen molar-refractivity contribution in [2.45, 2.75) is 38.8 Å². The van der Waals surface area contributed by atoms with Crippen LogP contribution in [0.2, 0.25) is 0 Å². The highest BCUT2D eigenvalue weighted by Crippen LogP contribution is 2.25. The molecule has 0 radical (unpaired) electrons. The number of H-pyrrole nitrogens is 2. The topological polar surface area (TPSA) is 85.0 Å². The number of nitrogens with one attached hydrogen (secondary N) is 2. The van der Waals surface area contributed by atoms with Crippen LogP contribution in [0.3, 0.4) is 0 Å². The summed E-state index contributed by atoms with van der Waals surface area (Å²) >= 11 is 0. The van der Waals surface area contributed by atoms with E-state index in [2.05, 4.69) is 26.8 Å². The normalized spacial score (nSPS) is 23.1. The Kier molecular flexibility index (Phi) is 4.07. The van der Waals surface area contributed by atoms with E-state index < -0.39 is 0 Å². The van der Waals surface area contributed by atoms with Crippen LogP contribution in [0.15, 0.2) is 17.3 Å². The molecule has 1 fully saturated rings. The number of hydrogen-bond donors (Lipinski definition) is 3. The maximum atomic E-state index is 11.7. The second-order valence-electron chi connectivity index (χ2n) is 5.93. The fraction of sp³-hybridized carbons (Fsp3) is 0.600. The molecule has 0 saturated carbocycles. The van der Waals surface area contributed by atoms with Crippen molar-refractivity contribution in [1.29, 1.82) is 0 Å². The third kappa shape index (κ3) is 2.87. The first kappa shape index (κ1) is 14.3. The van der Waals surface area contributed by atoms with Crippen LogP contribution in [0.5, 0.6) is 0 Å². The lowest BCUT2D eigenvalue weighted by atomic mass is 9.99. The number of aliphatic hydroxyl groups excluding tert-OH is 1. The summed E-state index contributed by atoms with van der Waals surface area (Å²) in [5.74, 6) is 0.367. The van der Waals surface area contributed by atoms with Crippen molar-refractivity contribution >= 4 is 11.0 Å². The van der Waals surface area contributed by atoms with Crippen LogP contribution < -0.4 is 5.56 Å². The molecule has 1 aliphatic rings. The number of hydrogen-bond acceptors (Lipinski definition) is 4. The van der Waals surface area contributed by atoms with Gasteiger partial charge in [0.15, 0.2) is 0 Å². The maximum Gasteiger partial charge on any atom is 0.275 e. The van der Waals surface area contributed by atoms with Gasteiger partial charge in [0.2, 0.25) is 0 Å². The van der Waals surface area contributed by atoms with E-state index in [1.165, 1.54) is 19.2 Å². The Labute approximate surface area is 123 Å². The second kappa shape index (κ2) is 5.99. The van der Waals surface area contributed by atoms with E-state index in [9.17, 15) is 9.90 Å². The van der Waals surface area contributed by atoms with E-state index in [0.717, 1.165) is 30.6 Å². The summed E-state index contributed by atoms with van der Waals surface area (Å²) in [5.41, 5.74) is 2.12. The molecule has 0 amide bonds. The van der Waals surface area contributed by atoms with E-state index >= 15 is 0 Å². The summed E-state index contributed by atoms with van der Waals surface area (Å²) in [6.45, 7) is 4.51. The Bertz CT molecular complexity index is 663. The summed E-state index contributed by atoms with van der Waals surface area (Å²) in [5, 5.41) is 10.2. The molecule has 0 aliphatic carbocycles. The van der Waals surface area contributed by atoms with Gasteiger partial charge in [0.05, 0.1) is 17.9 Å². The first-order chi connectivity index (χ1) is 10.2. The molecule has 6 nitrogen and oxygen atoms in total. The van der Waals surface area contributed by atoms with E-state index in [-0.39, 0.29) is 11.7 Å². The molecule has 1 saturated heterocycles. The summed E-state index contributed by atoms with van der Waals surface area (Å²) in [6, 6.07) is 0. The van der Waals surface area contributed by atoms with Crippen LogP contribution in [0, 0.1) is 5.92 Å². The molecule has 3 rings (SSSR count). The lowest BCUT2D eigenvalue weighted by Crippen LogP contribution is -2.21. The predicted octanol–water partition coefficient (Wildman–Crippen LogP) is 1.23. The third-order valence-corrected chi connectivity index (χ3v) is 4.35. The molecule has 1 aliphatic heterocycles. The van der Waals surface area contributed by atoms with Gasteiger partial charge in [-0.1, -0.05) is 19.8 Å². The van der Waals surface area contributed by atoms with Crippen LogP contribution in [0.4, 0.5) is 0 Å². The molecule has 0 bridgehead atoms. The lowest BCUT2D eigenvalue weighted by molar-refractivity contribution is 0.136. The van der Waals surface area contributed by atoms with Crippen molar-refractivity contribution in [2.75, 3.05) is 13.1 Å². The predicted molar refractivity (Wildman–Crippen MR) is 81.0 cm³/mol. The molecule has 3 heterocycles. The van der Waals surface area contributed by atoms with Gasteiger partial charge in [-0.2, -0.15) is 0 Å². The minimum atomic E-state index is -0.238. The Morgan fingerprint density at radius 1 is 1.43 bits per heavy atom. The van der Waals surface area contributed by atoms with Crippen molar-refractivity contribution in [1.82, 2.24) is 19.9 Å². The summed E-state index contributed by atoms with van der Waals surface area (Å²) in [7, 11) is 0. The van der Waals surface area contributed by atoms with E-state index in [0.29, 0.717) is 18.0 Å². The monoisotopic (exact) mass is 290 g/mol. The minimum absolute atomic E-state index is 0.145. The van der Waals surface area contributed by atoms with Crippen molar-refractivity contribution in [3.05, 3.63) is 28.4 Å². The molecule has 3 N–H and O–H groups in total. The van der Waals surface area contributed by atoms with E-state index in [4.69, 9.17) is 0 Å². The molecule has 2 unspecified atom stereocenters. The molecule has 21 heavy (non-hydrogen) atoms. The van der Waals surface area contributed by atoms with Gasteiger partial charge in [0.25, 0.3) is 5.56 Å². The molecular weight excluding hydrogens is 268 g/mol. The molecule has 6 heteroatoms. The van der Waals surface area contributed by atoms with Gasteiger partial charge >= 0.3 is 0 Å². The highest BCUT2D eigenvalue weighted by atomic mass is 16.3. The molecule has 2 atom stereocenters. The summed E-state index contributed by atoms with van der Waals surface area (Å²) < 4.78 is 0. The van der Waals surface area contributed by atoms with Gasteiger partial charge in [-0.3, -0.25) is 9.69 Å². The number of unbranched alkanes of at least 4 members (excludes halogenated alkanes) is 1. The van der Waals surface area contributed by atoms with Crippen molar-refractivity contribution < 1.29 is 5.11 Å². The summed E-state index contributed by atoms with van der Waals surface area (Å²) in [4.78, 5) is 23.7. The standard InChI is InChI=1S/C15H22N4O2/c1-2-3-4-10-6-19(8-12(10)20)7-11-5-16-14-13(11)17-9-18-15(14)21/h5,9-10,12,16,20H,2-4,6-8H2,1H3,(H,17,18,21). The van der Waals surface area contributed by atoms with Gasteiger partial charge in [-0.15, -0.1) is 0 Å². The Balaban J connectivity index is 1.72. The quantitative estimate of drug-likeness (QED) is 0.773. The number of aromatic amines is 2. The molecule has 2 aromatic rings. The smallest absolute Gasteiger partial charge is 0.275 e. The SMILES string of the molecule is CCCCC1CN(Cc2c[nH]c3c(=O)[nH]cnc23)CC1O. The number of likely N-dealkylation sites (tertiary alicyclic amines) is 1. The average Bonchev–Trinajstić information content (AvgIpc) is 3.02. The molecule has 2 aromatic heterocycles. The Morgan fingerprint density at radius 2 is 2.29 bits per heavy atom. The second-order valence-corrected chi connectivity index (χ2v) is 5.93. The maximum absolute atomic E-state index is 11.7. The van der Waals surface area contributed by atoms with Crippen LogP contribution in [0.25, 0.3) is 11.0 Å². The molecule has 0 spiro atoms. The first-order valence-electron chi connectivity index (χ1n) is 7.63. The zero-order valence-electron chi connectivity index (χ0n) is 12.3. The Morgan fingerprint density at radius 3 is 3.10 bits per heavy atom. The van der Waals surface area contributed by atoms with Crippen LogP contribution in [-0.2, 0) is 6.54 Å². The van der Waals surface area contributed by atoms with Gasteiger partial charge < -0.3 is 15.1 Å². The Hall–Kier alpha value is -1.66. The van der Waals surface area contributed by atoms with Gasteiger partial charge in [-0.25, -0.2) is 4.98 Å². The molecule has 114 valence electrons. The number of fused-ring (bicyclic) bond motifs is 1. The number of aromatic nitrogens is 3. The molecule has 0 aromatic carbocycles. The minimum Gasteiger partial charge on any atom is -0.391 e. The van der Waals surface area contributed by atoms with Crippen molar-refractivity contribution in [3.8, 4) is 0 Å². The molecular formula is C15H22N4O2. The number of β-amino-alcohol motifs (C(OH)–C–C–N with tert-alkyl or cyclic N) is 1. The van der Waals surface area contributed by atoms with E-state index in [1.54, 1.807) is 0 Å². The largest absolute Gasteiger partial charge is 0.391 e. The van der Waals surface area contributed by atoms with E-state index in [1.807, 2.05) is 6.20 Å². The lowest BCUT2D eigenvalue weighted by Gasteiger charge is -2.14. The fourth-order valence-corrected chi connectivity index (χ4v) is 3.19. The third-order valence-electron chi connectivity index (χ3n) is 4.35. The number of aliphatic hydroxyl groups is 1. The zero-order valence-corrected chi connectivity index (χ0v) is 12.3. The highest BCUT2D eigenvalue weighted by molar-refractivity contribution is 5.77. The number of nitrogens with zero attached hydrogens (tertiary/aromatic N) is 2.